The van der Waals surface area contributed by atoms with Crippen molar-refractivity contribution >= 4 is 5.91 Å². The molecule has 1 rings (SSSR count). The van der Waals surface area contributed by atoms with Gasteiger partial charge in [0.1, 0.15) is 0 Å². The number of carbonyl (C=O) groups is 1. The molecule has 0 spiro atoms. The lowest BCUT2D eigenvalue weighted by atomic mass is 10.1. The van der Waals surface area contributed by atoms with E-state index in [1.54, 1.807) is 6.08 Å². The van der Waals surface area contributed by atoms with Crippen molar-refractivity contribution in [1.29, 1.82) is 0 Å². The number of hydrogen-bond donors (Lipinski definition) is 2. The van der Waals surface area contributed by atoms with E-state index in [1.165, 1.54) is 0 Å². The summed E-state index contributed by atoms with van der Waals surface area (Å²) in [4.78, 5) is 11.5. The average Bonchev–Trinajstić information content (AvgIpc) is 2.46. The molecule has 0 aliphatic carbocycles. The molecule has 0 aromatic carbocycles. The van der Waals surface area contributed by atoms with E-state index in [0.717, 1.165) is 0 Å². The zero-order valence-corrected chi connectivity index (χ0v) is 8.72. The highest BCUT2D eigenvalue weighted by atomic mass is 19.3. The standard InChI is InChI=1S/C10H16F2N2O/c1-3-4-7(2)14-9(15)8-5-10(11,12)6-13-8/h3,7-8,13H,1,4-6H2,2H3,(H,14,15). The summed E-state index contributed by atoms with van der Waals surface area (Å²) in [5.74, 6) is -3.12. The Bertz CT molecular complexity index is 256. The molecule has 2 unspecified atom stereocenters. The van der Waals surface area contributed by atoms with Gasteiger partial charge in [-0.2, -0.15) is 0 Å². The number of alkyl halides is 2. The molecule has 3 nitrogen and oxygen atoms in total. The quantitative estimate of drug-likeness (QED) is 0.693. The largest absolute Gasteiger partial charge is 0.352 e. The van der Waals surface area contributed by atoms with Crippen molar-refractivity contribution in [3.05, 3.63) is 12.7 Å². The van der Waals surface area contributed by atoms with Gasteiger partial charge in [-0.15, -0.1) is 6.58 Å². The Labute approximate surface area is 87.9 Å². The number of rotatable bonds is 4. The van der Waals surface area contributed by atoms with Crippen LogP contribution in [0.3, 0.4) is 0 Å². The van der Waals surface area contributed by atoms with E-state index in [9.17, 15) is 13.6 Å². The maximum Gasteiger partial charge on any atom is 0.262 e. The normalized spacial score (nSPS) is 25.9. The molecule has 1 fully saturated rings. The minimum absolute atomic E-state index is 0.0639. The second kappa shape index (κ2) is 4.70. The second-order valence-corrected chi connectivity index (χ2v) is 3.93. The summed E-state index contributed by atoms with van der Waals surface area (Å²) < 4.78 is 25.6. The van der Waals surface area contributed by atoms with E-state index >= 15 is 0 Å². The maximum atomic E-state index is 12.8. The predicted molar refractivity (Wildman–Crippen MR) is 53.8 cm³/mol. The van der Waals surface area contributed by atoms with E-state index in [1.807, 2.05) is 6.92 Å². The monoisotopic (exact) mass is 218 g/mol. The fourth-order valence-corrected chi connectivity index (χ4v) is 1.55. The van der Waals surface area contributed by atoms with Crippen molar-refractivity contribution in [2.45, 2.75) is 37.8 Å². The van der Waals surface area contributed by atoms with Crippen LogP contribution in [0.2, 0.25) is 0 Å². The summed E-state index contributed by atoms with van der Waals surface area (Å²) in [6.45, 7) is 4.94. The van der Waals surface area contributed by atoms with E-state index in [2.05, 4.69) is 17.2 Å². The van der Waals surface area contributed by atoms with Crippen LogP contribution in [0.1, 0.15) is 19.8 Å². The van der Waals surface area contributed by atoms with Gasteiger partial charge in [0.2, 0.25) is 5.91 Å². The van der Waals surface area contributed by atoms with Gasteiger partial charge in [-0.05, 0) is 13.3 Å². The lowest BCUT2D eigenvalue weighted by molar-refractivity contribution is -0.124. The molecule has 0 saturated carbocycles. The number of hydrogen-bond acceptors (Lipinski definition) is 2. The topological polar surface area (TPSA) is 41.1 Å². The van der Waals surface area contributed by atoms with E-state index in [0.29, 0.717) is 6.42 Å². The third-order valence-corrected chi connectivity index (χ3v) is 2.34. The van der Waals surface area contributed by atoms with Gasteiger partial charge < -0.3 is 5.32 Å². The van der Waals surface area contributed by atoms with Gasteiger partial charge in [-0.1, -0.05) is 6.08 Å². The first-order valence-corrected chi connectivity index (χ1v) is 4.97. The van der Waals surface area contributed by atoms with Gasteiger partial charge in [0.25, 0.3) is 5.92 Å². The Kier molecular flexibility index (Phi) is 3.79. The third-order valence-electron chi connectivity index (χ3n) is 2.34. The van der Waals surface area contributed by atoms with Gasteiger partial charge in [0.15, 0.2) is 0 Å². The van der Waals surface area contributed by atoms with Crippen LogP contribution in [-0.2, 0) is 4.79 Å². The highest BCUT2D eigenvalue weighted by Crippen LogP contribution is 2.25. The van der Waals surface area contributed by atoms with Crippen LogP contribution < -0.4 is 10.6 Å². The summed E-state index contributed by atoms with van der Waals surface area (Å²) in [7, 11) is 0. The van der Waals surface area contributed by atoms with Crippen LogP contribution in [0.5, 0.6) is 0 Å². The molecule has 15 heavy (non-hydrogen) atoms. The lowest BCUT2D eigenvalue weighted by Gasteiger charge is -2.15. The van der Waals surface area contributed by atoms with Gasteiger partial charge in [-0.3, -0.25) is 10.1 Å². The highest BCUT2D eigenvalue weighted by Gasteiger charge is 2.42. The molecule has 1 amide bonds. The summed E-state index contributed by atoms with van der Waals surface area (Å²) >= 11 is 0. The zero-order valence-electron chi connectivity index (χ0n) is 8.72. The Morgan fingerprint density at radius 3 is 2.93 bits per heavy atom. The molecule has 0 bridgehead atoms. The molecule has 0 aromatic heterocycles. The predicted octanol–water partition coefficient (Wildman–Crippen LogP) is 1.06. The van der Waals surface area contributed by atoms with Crippen molar-refractivity contribution < 1.29 is 13.6 Å². The molecular weight excluding hydrogens is 202 g/mol. The van der Waals surface area contributed by atoms with E-state index in [4.69, 9.17) is 0 Å². The van der Waals surface area contributed by atoms with Crippen molar-refractivity contribution in [3.8, 4) is 0 Å². The molecule has 86 valence electrons. The van der Waals surface area contributed by atoms with Crippen molar-refractivity contribution in [3.63, 3.8) is 0 Å². The van der Waals surface area contributed by atoms with Gasteiger partial charge in [-0.25, -0.2) is 8.78 Å². The van der Waals surface area contributed by atoms with Crippen LogP contribution in [0.15, 0.2) is 12.7 Å². The fourth-order valence-electron chi connectivity index (χ4n) is 1.55. The number of carbonyl (C=O) groups excluding carboxylic acids is 1. The molecule has 2 N–H and O–H groups in total. The minimum atomic E-state index is -2.76. The fraction of sp³-hybridized carbons (Fsp3) is 0.700. The zero-order chi connectivity index (χ0) is 11.5. The first-order chi connectivity index (χ1) is 6.94. The van der Waals surface area contributed by atoms with Gasteiger partial charge in [0.05, 0.1) is 12.6 Å². The molecular formula is C10H16F2N2O. The van der Waals surface area contributed by atoms with Crippen molar-refractivity contribution in [2.24, 2.45) is 0 Å². The Balaban J connectivity index is 2.38. The molecule has 1 aliphatic heterocycles. The Morgan fingerprint density at radius 1 is 1.80 bits per heavy atom. The molecule has 1 aliphatic rings. The Hall–Kier alpha value is -0.970. The smallest absolute Gasteiger partial charge is 0.262 e. The van der Waals surface area contributed by atoms with Crippen LogP contribution in [-0.4, -0.2) is 30.5 Å². The number of nitrogens with one attached hydrogen (secondary N) is 2. The second-order valence-electron chi connectivity index (χ2n) is 3.93. The maximum absolute atomic E-state index is 12.8. The molecule has 0 radical (unpaired) electrons. The molecule has 1 saturated heterocycles. The van der Waals surface area contributed by atoms with Crippen molar-refractivity contribution in [2.75, 3.05) is 6.54 Å². The van der Waals surface area contributed by atoms with Crippen LogP contribution in [0.25, 0.3) is 0 Å². The molecule has 1 heterocycles. The first-order valence-electron chi connectivity index (χ1n) is 4.97. The van der Waals surface area contributed by atoms with E-state index in [-0.39, 0.29) is 11.9 Å². The SMILES string of the molecule is C=CCC(C)NC(=O)C1CC(F)(F)CN1. The Morgan fingerprint density at radius 2 is 2.47 bits per heavy atom. The third kappa shape index (κ3) is 3.58. The molecule has 0 aromatic rings. The van der Waals surface area contributed by atoms with E-state index < -0.39 is 24.9 Å². The first kappa shape index (κ1) is 12.1. The summed E-state index contributed by atoms with van der Waals surface area (Å²) in [5.41, 5.74) is 0. The van der Waals surface area contributed by atoms with Crippen LogP contribution >= 0.6 is 0 Å². The van der Waals surface area contributed by atoms with Crippen LogP contribution in [0.4, 0.5) is 8.78 Å². The lowest BCUT2D eigenvalue weighted by Crippen LogP contribution is -2.44. The number of amides is 1. The summed E-state index contributed by atoms with van der Waals surface area (Å²) in [6.07, 6.45) is 1.90. The molecule has 2 atom stereocenters. The van der Waals surface area contributed by atoms with Crippen LogP contribution in [0, 0.1) is 0 Å². The highest BCUT2D eigenvalue weighted by molar-refractivity contribution is 5.82. The summed E-state index contributed by atoms with van der Waals surface area (Å²) in [6, 6.07) is -0.835. The minimum Gasteiger partial charge on any atom is -0.352 e. The molecule has 5 heteroatoms. The van der Waals surface area contributed by atoms with Crippen molar-refractivity contribution in [1.82, 2.24) is 10.6 Å². The number of halogens is 2. The van der Waals surface area contributed by atoms with Gasteiger partial charge in [0, 0.05) is 12.5 Å². The summed E-state index contributed by atoms with van der Waals surface area (Å²) in [5, 5.41) is 5.16. The average molecular weight is 218 g/mol. The van der Waals surface area contributed by atoms with Gasteiger partial charge >= 0.3 is 0 Å².